The zero-order valence-electron chi connectivity index (χ0n) is 9.52. The van der Waals surface area contributed by atoms with Crippen LogP contribution in [-0.2, 0) is 10.0 Å². The Kier molecular flexibility index (Phi) is 3.66. The lowest BCUT2D eigenvalue weighted by Crippen LogP contribution is -2.42. The van der Waals surface area contributed by atoms with Crippen molar-refractivity contribution in [2.45, 2.75) is 23.8 Å². The zero-order valence-corrected chi connectivity index (χ0v) is 10.3. The lowest BCUT2D eigenvalue weighted by atomic mass is 10.1. The molecule has 17 heavy (non-hydrogen) atoms. The Labute approximate surface area is 101 Å². The predicted molar refractivity (Wildman–Crippen MR) is 67.1 cm³/mol. The van der Waals surface area contributed by atoms with Crippen molar-refractivity contribution >= 4 is 15.7 Å². The van der Waals surface area contributed by atoms with E-state index in [2.05, 4.69) is 10.0 Å². The van der Waals surface area contributed by atoms with Crippen molar-refractivity contribution in [2.75, 3.05) is 18.8 Å². The number of anilines is 1. The van der Waals surface area contributed by atoms with Crippen molar-refractivity contribution < 1.29 is 8.42 Å². The van der Waals surface area contributed by atoms with E-state index in [1.807, 2.05) is 0 Å². The minimum atomic E-state index is -3.49. The molecule has 1 heterocycles. The number of nitrogen functional groups attached to an aromatic ring is 1. The quantitative estimate of drug-likeness (QED) is 0.678. The van der Waals surface area contributed by atoms with Crippen LogP contribution < -0.4 is 15.8 Å². The molecule has 5 nitrogen and oxygen atoms in total. The molecular formula is C11H17N3O2S. The number of piperidine rings is 1. The monoisotopic (exact) mass is 255 g/mol. The van der Waals surface area contributed by atoms with Crippen LogP contribution in [0.4, 0.5) is 5.69 Å². The van der Waals surface area contributed by atoms with Gasteiger partial charge in [-0.1, -0.05) is 12.1 Å². The minimum absolute atomic E-state index is 0.000793. The molecule has 4 N–H and O–H groups in total. The topological polar surface area (TPSA) is 84.2 Å². The number of hydrogen-bond acceptors (Lipinski definition) is 4. The maximum Gasteiger partial charge on any atom is 0.242 e. The minimum Gasteiger partial charge on any atom is -0.398 e. The number of para-hydroxylation sites is 1. The summed E-state index contributed by atoms with van der Waals surface area (Å²) < 4.78 is 26.9. The van der Waals surface area contributed by atoms with E-state index in [4.69, 9.17) is 5.73 Å². The molecule has 1 aromatic carbocycles. The second kappa shape index (κ2) is 5.03. The normalized spacial score (nSPS) is 18.1. The van der Waals surface area contributed by atoms with Gasteiger partial charge in [0.15, 0.2) is 0 Å². The highest BCUT2D eigenvalue weighted by atomic mass is 32.2. The molecule has 1 saturated heterocycles. The SMILES string of the molecule is Nc1ccccc1S(=O)(=O)NC1CCNCC1. The Hall–Kier alpha value is -1.11. The van der Waals surface area contributed by atoms with Crippen molar-refractivity contribution in [1.82, 2.24) is 10.0 Å². The maximum atomic E-state index is 12.1. The zero-order chi connectivity index (χ0) is 12.3. The number of sulfonamides is 1. The predicted octanol–water partition coefficient (Wildman–Crippen LogP) is 0.299. The van der Waals surface area contributed by atoms with Crippen LogP contribution in [0.15, 0.2) is 29.2 Å². The van der Waals surface area contributed by atoms with Gasteiger partial charge >= 0.3 is 0 Å². The summed E-state index contributed by atoms with van der Waals surface area (Å²) in [7, 11) is -3.49. The van der Waals surface area contributed by atoms with Gasteiger partial charge < -0.3 is 11.1 Å². The molecule has 0 spiro atoms. The molecule has 94 valence electrons. The van der Waals surface area contributed by atoms with Crippen LogP contribution in [0, 0.1) is 0 Å². The fourth-order valence-corrected chi connectivity index (χ4v) is 3.39. The summed E-state index contributed by atoms with van der Waals surface area (Å²) in [4.78, 5) is 0.165. The van der Waals surface area contributed by atoms with Gasteiger partial charge in [-0.05, 0) is 38.1 Å². The highest BCUT2D eigenvalue weighted by Crippen LogP contribution is 2.18. The van der Waals surface area contributed by atoms with Crippen LogP contribution in [0.1, 0.15) is 12.8 Å². The van der Waals surface area contributed by atoms with Gasteiger partial charge in [-0.2, -0.15) is 0 Å². The molecule has 1 aromatic rings. The molecule has 0 saturated carbocycles. The van der Waals surface area contributed by atoms with Crippen LogP contribution in [0.2, 0.25) is 0 Å². The number of nitrogens with one attached hydrogen (secondary N) is 2. The fourth-order valence-electron chi connectivity index (χ4n) is 1.95. The first-order valence-electron chi connectivity index (χ1n) is 5.67. The van der Waals surface area contributed by atoms with Crippen molar-refractivity contribution in [3.05, 3.63) is 24.3 Å². The van der Waals surface area contributed by atoms with Crippen LogP contribution in [0.25, 0.3) is 0 Å². The average Bonchev–Trinajstić information content (AvgIpc) is 2.30. The summed E-state index contributed by atoms with van der Waals surface area (Å²) in [5.41, 5.74) is 5.97. The first kappa shape index (κ1) is 12.3. The molecule has 0 aromatic heterocycles. The number of nitrogens with two attached hydrogens (primary N) is 1. The molecule has 1 fully saturated rings. The maximum absolute atomic E-state index is 12.1. The molecule has 1 aliphatic heterocycles. The van der Waals surface area contributed by atoms with E-state index in [-0.39, 0.29) is 16.6 Å². The van der Waals surface area contributed by atoms with Gasteiger partial charge in [0.2, 0.25) is 10.0 Å². The third-order valence-corrected chi connectivity index (χ3v) is 4.46. The lowest BCUT2D eigenvalue weighted by molar-refractivity contribution is 0.427. The Bertz CT molecular complexity index is 481. The van der Waals surface area contributed by atoms with Crippen molar-refractivity contribution in [1.29, 1.82) is 0 Å². The van der Waals surface area contributed by atoms with Gasteiger partial charge in [-0.25, -0.2) is 13.1 Å². The van der Waals surface area contributed by atoms with E-state index < -0.39 is 10.0 Å². The van der Waals surface area contributed by atoms with Crippen LogP contribution in [0.3, 0.4) is 0 Å². The number of hydrogen-bond donors (Lipinski definition) is 3. The molecule has 0 amide bonds. The summed E-state index contributed by atoms with van der Waals surface area (Å²) >= 11 is 0. The molecule has 0 radical (unpaired) electrons. The van der Waals surface area contributed by atoms with Crippen molar-refractivity contribution in [3.63, 3.8) is 0 Å². The summed E-state index contributed by atoms with van der Waals surface area (Å²) in [5, 5.41) is 3.19. The van der Waals surface area contributed by atoms with Gasteiger partial charge in [0.05, 0.1) is 5.69 Å². The van der Waals surface area contributed by atoms with Gasteiger partial charge in [-0.15, -0.1) is 0 Å². The standard InChI is InChI=1S/C11H17N3O2S/c12-10-3-1-2-4-11(10)17(15,16)14-9-5-7-13-8-6-9/h1-4,9,13-14H,5-8,12H2. The second-order valence-electron chi connectivity index (χ2n) is 4.18. The van der Waals surface area contributed by atoms with Gasteiger partial charge in [0.1, 0.15) is 4.90 Å². The summed E-state index contributed by atoms with van der Waals surface area (Å²) in [5.74, 6) is 0. The molecular weight excluding hydrogens is 238 g/mol. The second-order valence-corrected chi connectivity index (χ2v) is 5.87. The Morgan fingerprint density at radius 3 is 2.53 bits per heavy atom. The van der Waals surface area contributed by atoms with Crippen LogP contribution in [-0.4, -0.2) is 27.5 Å². The van der Waals surface area contributed by atoms with Crippen LogP contribution >= 0.6 is 0 Å². The van der Waals surface area contributed by atoms with E-state index in [9.17, 15) is 8.42 Å². The smallest absolute Gasteiger partial charge is 0.242 e. The molecule has 0 bridgehead atoms. The number of rotatable bonds is 3. The Balaban J connectivity index is 2.16. The van der Waals surface area contributed by atoms with E-state index >= 15 is 0 Å². The van der Waals surface area contributed by atoms with E-state index in [1.165, 1.54) is 6.07 Å². The van der Waals surface area contributed by atoms with E-state index in [1.54, 1.807) is 18.2 Å². The molecule has 2 rings (SSSR count). The largest absolute Gasteiger partial charge is 0.398 e. The van der Waals surface area contributed by atoms with Crippen LogP contribution in [0.5, 0.6) is 0 Å². The van der Waals surface area contributed by atoms with Gasteiger partial charge in [-0.3, -0.25) is 0 Å². The molecule has 6 heteroatoms. The lowest BCUT2D eigenvalue weighted by Gasteiger charge is -2.23. The van der Waals surface area contributed by atoms with Crippen molar-refractivity contribution in [3.8, 4) is 0 Å². The van der Waals surface area contributed by atoms with Gasteiger partial charge in [0.25, 0.3) is 0 Å². The van der Waals surface area contributed by atoms with E-state index in [0.717, 1.165) is 25.9 Å². The third-order valence-electron chi connectivity index (χ3n) is 2.87. The fraction of sp³-hybridized carbons (Fsp3) is 0.455. The highest BCUT2D eigenvalue weighted by molar-refractivity contribution is 7.89. The molecule has 0 aliphatic carbocycles. The molecule has 1 aliphatic rings. The molecule has 0 atom stereocenters. The van der Waals surface area contributed by atoms with Gasteiger partial charge in [0, 0.05) is 6.04 Å². The summed E-state index contributed by atoms with van der Waals surface area (Å²) in [6, 6.07) is 6.52. The Morgan fingerprint density at radius 2 is 1.88 bits per heavy atom. The van der Waals surface area contributed by atoms with Crippen molar-refractivity contribution in [2.24, 2.45) is 0 Å². The third kappa shape index (κ3) is 2.96. The summed E-state index contributed by atoms with van der Waals surface area (Å²) in [6.45, 7) is 1.69. The summed E-state index contributed by atoms with van der Waals surface area (Å²) in [6.07, 6.45) is 1.62. The highest BCUT2D eigenvalue weighted by Gasteiger charge is 2.22. The first-order chi connectivity index (χ1) is 8.09. The first-order valence-corrected chi connectivity index (χ1v) is 7.15. The van der Waals surface area contributed by atoms with E-state index in [0.29, 0.717) is 0 Å². The molecule has 0 unspecified atom stereocenters. The average molecular weight is 255 g/mol. The number of benzene rings is 1. The Morgan fingerprint density at radius 1 is 1.24 bits per heavy atom.